The van der Waals surface area contributed by atoms with E-state index >= 15 is 0 Å². The molecule has 0 aliphatic rings. The molecule has 2 N–H and O–H groups in total. The van der Waals surface area contributed by atoms with Gasteiger partial charge in [0.1, 0.15) is 21.9 Å². The number of rotatable bonds is 4. The zero-order chi connectivity index (χ0) is 15.0. The number of aromatic carboxylic acids is 1. The first-order valence-electron chi connectivity index (χ1n) is 6.01. The van der Waals surface area contributed by atoms with Crippen molar-refractivity contribution in [3.05, 3.63) is 38.1 Å². The lowest BCUT2D eigenvalue weighted by molar-refractivity contribution is 0.0701. The number of hydrogen-bond acceptors (Lipinski definition) is 6. The van der Waals surface area contributed by atoms with Gasteiger partial charge in [-0.3, -0.25) is 0 Å². The highest BCUT2D eigenvalue weighted by Gasteiger charge is 2.18. The van der Waals surface area contributed by atoms with Crippen LogP contribution < -0.4 is 5.32 Å². The first-order chi connectivity index (χ1) is 10.1. The fraction of sp³-hybridized carbons (Fsp3) is 0.154. The molecule has 5 nitrogen and oxygen atoms in total. The summed E-state index contributed by atoms with van der Waals surface area (Å²) in [6.45, 7) is 2.36. The lowest BCUT2D eigenvalue weighted by atomic mass is 10.2. The van der Waals surface area contributed by atoms with Gasteiger partial charge in [-0.1, -0.05) is 11.6 Å². The third kappa shape index (κ3) is 2.72. The second-order valence-electron chi connectivity index (χ2n) is 4.32. The number of aromatic nitrogens is 2. The van der Waals surface area contributed by atoms with Crippen LogP contribution in [0.3, 0.4) is 0 Å². The Morgan fingerprint density at radius 3 is 2.86 bits per heavy atom. The number of nitrogens with one attached hydrogen (secondary N) is 1. The minimum Gasteiger partial charge on any atom is -0.477 e. The molecule has 3 aromatic rings. The van der Waals surface area contributed by atoms with Crippen LogP contribution in [0.15, 0.2) is 18.5 Å². The van der Waals surface area contributed by atoms with E-state index in [0.29, 0.717) is 27.6 Å². The summed E-state index contributed by atoms with van der Waals surface area (Å²) < 4.78 is 0.736. The Hall–Kier alpha value is -1.70. The number of halogens is 1. The van der Waals surface area contributed by atoms with Crippen molar-refractivity contribution in [3.63, 3.8) is 0 Å². The molecule has 0 radical (unpaired) electrons. The van der Waals surface area contributed by atoms with Crippen LogP contribution in [-0.2, 0) is 6.54 Å². The number of fused-ring (bicyclic) bond motifs is 1. The first kappa shape index (κ1) is 14.2. The van der Waals surface area contributed by atoms with E-state index in [1.165, 1.54) is 17.7 Å². The van der Waals surface area contributed by atoms with Crippen LogP contribution in [0.2, 0.25) is 4.34 Å². The fourth-order valence-electron chi connectivity index (χ4n) is 2.03. The number of carboxylic acid groups (broad SMARTS) is 1. The average Bonchev–Trinajstić information content (AvgIpc) is 3.01. The van der Waals surface area contributed by atoms with Gasteiger partial charge in [0, 0.05) is 4.88 Å². The van der Waals surface area contributed by atoms with Crippen LogP contribution in [0.25, 0.3) is 10.2 Å². The average molecular weight is 340 g/mol. The minimum atomic E-state index is -0.938. The van der Waals surface area contributed by atoms with Crippen LogP contribution in [-0.4, -0.2) is 21.0 Å². The SMILES string of the molecule is Cc1c(C(=O)O)sc2ncnc(NCc3ccc(Cl)s3)c12. The van der Waals surface area contributed by atoms with E-state index in [1.54, 1.807) is 6.92 Å². The number of hydrogen-bond donors (Lipinski definition) is 2. The van der Waals surface area contributed by atoms with Crippen molar-refractivity contribution in [3.8, 4) is 0 Å². The van der Waals surface area contributed by atoms with Crippen molar-refractivity contribution < 1.29 is 9.90 Å². The lowest BCUT2D eigenvalue weighted by Gasteiger charge is -2.05. The molecule has 0 unspecified atom stereocenters. The Bertz CT molecular complexity index is 828. The number of anilines is 1. The summed E-state index contributed by atoms with van der Waals surface area (Å²) in [4.78, 5) is 21.6. The van der Waals surface area contributed by atoms with Gasteiger partial charge in [0.25, 0.3) is 0 Å². The number of thiophene rings is 2. The van der Waals surface area contributed by atoms with Crippen LogP contribution in [0.5, 0.6) is 0 Å². The summed E-state index contributed by atoms with van der Waals surface area (Å²) in [5, 5.41) is 13.2. The van der Waals surface area contributed by atoms with Crippen molar-refractivity contribution in [2.75, 3.05) is 5.32 Å². The fourth-order valence-corrected chi connectivity index (χ4v) is 4.04. The molecule has 0 saturated carbocycles. The van der Waals surface area contributed by atoms with Gasteiger partial charge in [-0.15, -0.1) is 22.7 Å². The highest BCUT2D eigenvalue weighted by atomic mass is 35.5. The predicted octanol–water partition coefficient (Wildman–Crippen LogP) is 4.02. The lowest BCUT2D eigenvalue weighted by Crippen LogP contribution is -2.01. The van der Waals surface area contributed by atoms with Crippen LogP contribution in [0, 0.1) is 6.92 Å². The van der Waals surface area contributed by atoms with E-state index in [4.69, 9.17) is 11.6 Å². The van der Waals surface area contributed by atoms with E-state index < -0.39 is 5.97 Å². The van der Waals surface area contributed by atoms with Gasteiger partial charge in [0.2, 0.25) is 0 Å². The zero-order valence-corrected chi connectivity index (χ0v) is 13.3. The molecule has 0 bridgehead atoms. The second kappa shape index (κ2) is 5.59. The van der Waals surface area contributed by atoms with Crippen molar-refractivity contribution in [1.29, 1.82) is 0 Å². The number of aryl methyl sites for hydroxylation is 1. The molecular formula is C13H10ClN3O2S2. The topological polar surface area (TPSA) is 75.1 Å². The zero-order valence-electron chi connectivity index (χ0n) is 10.9. The van der Waals surface area contributed by atoms with Gasteiger partial charge < -0.3 is 10.4 Å². The third-order valence-corrected chi connectivity index (χ3v) is 5.40. The molecule has 0 aliphatic heterocycles. The number of nitrogens with zero attached hydrogens (tertiary/aromatic N) is 2. The van der Waals surface area contributed by atoms with Crippen molar-refractivity contribution in [1.82, 2.24) is 9.97 Å². The molecule has 0 saturated heterocycles. The van der Waals surface area contributed by atoms with E-state index in [2.05, 4.69) is 15.3 Å². The Morgan fingerprint density at radius 1 is 1.38 bits per heavy atom. The molecule has 0 fully saturated rings. The maximum absolute atomic E-state index is 11.2. The van der Waals surface area contributed by atoms with Crippen molar-refractivity contribution in [2.45, 2.75) is 13.5 Å². The normalized spacial score (nSPS) is 11.0. The molecule has 21 heavy (non-hydrogen) atoms. The predicted molar refractivity (Wildman–Crippen MR) is 85.8 cm³/mol. The highest BCUT2D eigenvalue weighted by molar-refractivity contribution is 7.20. The van der Waals surface area contributed by atoms with Crippen LogP contribution in [0.4, 0.5) is 5.82 Å². The molecule has 8 heteroatoms. The smallest absolute Gasteiger partial charge is 0.346 e. The van der Waals surface area contributed by atoms with Gasteiger partial charge in [0.15, 0.2) is 0 Å². The van der Waals surface area contributed by atoms with E-state index in [1.807, 2.05) is 12.1 Å². The largest absolute Gasteiger partial charge is 0.477 e. The maximum atomic E-state index is 11.2. The van der Waals surface area contributed by atoms with Gasteiger partial charge in [-0.2, -0.15) is 0 Å². The standard InChI is InChI=1S/C13H10ClN3O2S2/c1-6-9-11(15-4-7-2-3-8(14)20-7)16-5-17-12(9)21-10(6)13(18)19/h2-3,5H,4H2,1H3,(H,18,19)(H,15,16,17). The van der Waals surface area contributed by atoms with E-state index in [0.717, 1.165) is 25.9 Å². The van der Waals surface area contributed by atoms with Crippen molar-refractivity contribution in [2.24, 2.45) is 0 Å². The number of carbonyl (C=O) groups is 1. The maximum Gasteiger partial charge on any atom is 0.346 e. The Morgan fingerprint density at radius 2 is 2.19 bits per heavy atom. The van der Waals surface area contributed by atoms with Crippen LogP contribution >= 0.6 is 34.3 Å². The molecular weight excluding hydrogens is 330 g/mol. The molecule has 0 amide bonds. The van der Waals surface area contributed by atoms with Gasteiger partial charge in [0.05, 0.1) is 16.3 Å². The third-order valence-electron chi connectivity index (χ3n) is 2.98. The summed E-state index contributed by atoms with van der Waals surface area (Å²) in [6.07, 6.45) is 1.44. The second-order valence-corrected chi connectivity index (χ2v) is 7.12. The molecule has 3 heterocycles. The quantitative estimate of drug-likeness (QED) is 0.750. The monoisotopic (exact) mass is 339 g/mol. The van der Waals surface area contributed by atoms with Gasteiger partial charge in [-0.05, 0) is 24.6 Å². The summed E-state index contributed by atoms with van der Waals surface area (Å²) in [7, 11) is 0. The Labute approximate surface area is 133 Å². The van der Waals surface area contributed by atoms with Crippen molar-refractivity contribution >= 4 is 56.3 Å². The van der Waals surface area contributed by atoms with E-state index in [-0.39, 0.29) is 0 Å². The van der Waals surface area contributed by atoms with Crippen LogP contribution in [0.1, 0.15) is 20.1 Å². The molecule has 3 rings (SSSR count). The highest BCUT2D eigenvalue weighted by Crippen LogP contribution is 2.33. The first-order valence-corrected chi connectivity index (χ1v) is 8.03. The molecule has 3 aromatic heterocycles. The molecule has 0 aromatic carbocycles. The Kier molecular flexibility index (Phi) is 3.79. The summed E-state index contributed by atoms with van der Waals surface area (Å²) >= 11 is 8.56. The number of carboxylic acids is 1. The summed E-state index contributed by atoms with van der Waals surface area (Å²) in [5.41, 5.74) is 0.690. The summed E-state index contributed by atoms with van der Waals surface area (Å²) in [6, 6.07) is 3.79. The van der Waals surface area contributed by atoms with Gasteiger partial charge >= 0.3 is 5.97 Å². The van der Waals surface area contributed by atoms with Gasteiger partial charge in [-0.25, -0.2) is 14.8 Å². The van der Waals surface area contributed by atoms with E-state index in [9.17, 15) is 9.90 Å². The Balaban J connectivity index is 1.96. The molecule has 108 valence electrons. The summed E-state index contributed by atoms with van der Waals surface area (Å²) in [5.74, 6) is -0.294. The molecule has 0 aliphatic carbocycles. The molecule has 0 spiro atoms. The molecule has 0 atom stereocenters. The minimum absolute atomic E-state index is 0.299.